The fourth-order valence-corrected chi connectivity index (χ4v) is 5.30. The van der Waals surface area contributed by atoms with Gasteiger partial charge in [-0.1, -0.05) is 56.5 Å². The third-order valence-electron chi connectivity index (χ3n) is 6.23. The van der Waals surface area contributed by atoms with E-state index in [1.54, 1.807) is 4.90 Å². The Morgan fingerprint density at radius 1 is 1.15 bits per heavy atom. The van der Waals surface area contributed by atoms with Gasteiger partial charge in [-0.25, -0.2) is 4.79 Å². The number of unbranched alkanes of at least 4 members (excludes halogenated alkanes) is 1. The molecular weight excluding hydrogens is 436 g/mol. The summed E-state index contributed by atoms with van der Waals surface area (Å²) in [6, 6.07) is 14.1. The van der Waals surface area contributed by atoms with Gasteiger partial charge in [0, 0.05) is 17.5 Å². The van der Waals surface area contributed by atoms with E-state index in [9.17, 15) is 14.4 Å². The first-order chi connectivity index (χ1) is 16.0. The average molecular weight is 467 g/mol. The highest BCUT2D eigenvalue weighted by Crippen LogP contribution is 2.31. The van der Waals surface area contributed by atoms with Crippen molar-refractivity contribution >= 4 is 39.9 Å². The van der Waals surface area contributed by atoms with E-state index in [2.05, 4.69) is 17.1 Å². The summed E-state index contributed by atoms with van der Waals surface area (Å²) in [5, 5.41) is 2.26. The molecule has 174 valence electrons. The second-order valence-corrected chi connectivity index (χ2v) is 9.55. The maximum absolute atomic E-state index is 13.5. The number of aromatic amines is 1. The van der Waals surface area contributed by atoms with Crippen LogP contribution in [0.3, 0.4) is 0 Å². The Bertz CT molecular complexity index is 1260. The van der Waals surface area contributed by atoms with Crippen molar-refractivity contribution in [2.75, 3.05) is 16.4 Å². The van der Waals surface area contributed by atoms with Crippen LogP contribution in [0.25, 0.3) is 10.8 Å². The van der Waals surface area contributed by atoms with Crippen LogP contribution in [0.1, 0.15) is 45.4 Å². The van der Waals surface area contributed by atoms with Crippen molar-refractivity contribution in [3.05, 3.63) is 63.3 Å². The van der Waals surface area contributed by atoms with E-state index in [0.717, 1.165) is 54.2 Å². The lowest BCUT2D eigenvalue weighted by molar-refractivity contribution is -0.116. The van der Waals surface area contributed by atoms with Crippen molar-refractivity contribution in [1.29, 1.82) is 0 Å². The van der Waals surface area contributed by atoms with Crippen LogP contribution < -0.4 is 21.9 Å². The molecule has 4 rings (SSSR count). The number of hydrogen-bond donors (Lipinski definition) is 2. The highest BCUT2D eigenvalue weighted by molar-refractivity contribution is 8.00. The molecule has 0 unspecified atom stereocenters. The quantitative estimate of drug-likeness (QED) is 0.486. The Labute approximate surface area is 197 Å². The fourth-order valence-electron chi connectivity index (χ4n) is 4.49. The molecule has 1 aliphatic rings. The van der Waals surface area contributed by atoms with Crippen molar-refractivity contribution in [2.45, 2.75) is 62.9 Å². The summed E-state index contributed by atoms with van der Waals surface area (Å²) in [6.07, 6.45) is 5.27. The molecule has 1 fully saturated rings. The van der Waals surface area contributed by atoms with Crippen molar-refractivity contribution in [3.63, 3.8) is 0 Å². The summed E-state index contributed by atoms with van der Waals surface area (Å²) in [5.74, 6) is 0.0908. The van der Waals surface area contributed by atoms with Crippen molar-refractivity contribution < 1.29 is 4.79 Å². The molecule has 1 aromatic heterocycles. The zero-order valence-corrected chi connectivity index (χ0v) is 19.7. The van der Waals surface area contributed by atoms with Crippen LogP contribution in [0.15, 0.2) is 56.9 Å². The first-order valence-corrected chi connectivity index (χ1v) is 12.5. The Kier molecular flexibility index (Phi) is 7.23. The highest BCUT2D eigenvalue weighted by atomic mass is 32.2. The fraction of sp³-hybridized carbons (Fsp3) is 0.400. The molecule has 0 saturated heterocycles. The molecule has 8 heteroatoms. The van der Waals surface area contributed by atoms with Crippen LogP contribution in [0.4, 0.5) is 11.5 Å². The topological polar surface area (TPSA) is 101 Å². The van der Waals surface area contributed by atoms with E-state index in [0.29, 0.717) is 6.54 Å². The van der Waals surface area contributed by atoms with Gasteiger partial charge < -0.3 is 10.6 Å². The molecule has 0 atom stereocenters. The molecule has 1 heterocycles. The smallest absolute Gasteiger partial charge is 0.330 e. The molecule has 0 bridgehead atoms. The van der Waals surface area contributed by atoms with Gasteiger partial charge in [0.1, 0.15) is 5.82 Å². The highest BCUT2D eigenvalue weighted by Gasteiger charge is 2.32. The summed E-state index contributed by atoms with van der Waals surface area (Å²) in [5.41, 5.74) is 5.33. The van der Waals surface area contributed by atoms with Crippen molar-refractivity contribution in [3.8, 4) is 0 Å². The molecule has 1 saturated carbocycles. The molecule has 0 radical (unpaired) electrons. The van der Waals surface area contributed by atoms with Gasteiger partial charge in [0.15, 0.2) is 5.69 Å². The van der Waals surface area contributed by atoms with Crippen LogP contribution in [0.5, 0.6) is 0 Å². The number of H-pyrrole nitrogens is 1. The monoisotopic (exact) mass is 466 g/mol. The molecule has 1 amide bonds. The Morgan fingerprint density at radius 2 is 1.88 bits per heavy atom. The summed E-state index contributed by atoms with van der Waals surface area (Å²) >= 11 is 1.45. The number of nitrogens with zero attached hydrogens (tertiary/aromatic N) is 2. The minimum atomic E-state index is -0.596. The number of nitrogen functional groups attached to an aromatic ring is 1. The molecule has 2 aromatic carbocycles. The zero-order chi connectivity index (χ0) is 23.4. The number of nitrogens with one attached hydrogen (secondary N) is 1. The van der Waals surface area contributed by atoms with Gasteiger partial charge in [0.05, 0.1) is 5.75 Å². The Hall–Kier alpha value is -3.00. The summed E-state index contributed by atoms with van der Waals surface area (Å²) in [7, 11) is 0. The van der Waals surface area contributed by atoms with Gasteiger partial charge in [0.25, 0.3) is 5.56 Å². The number of rotatable bonds is 8. The van der Waals surface area contributed by atoms with Gasteiger partial charge in [-0.15, -0.1) is 11.8 Å². The number of fused-ring (bicyclic) bond motifs is 1. The molecule has 33 heavy (non-hydrogen) atoms. The largest absolute Gasteiger partial charge is 0.383 e. The van der Waals surface area contributed by atoms with Gasteiger partial charge in [0.2, 0.25) is 5.91 Å². The molecule has 3 aromatic rings. The van der Waals surface area contributed by atoms with Crippen LogP contribution in [0, 0.1) is 0 Å². The van der Waals surface area contributed by atoms with Crippen LogP contribution >= 0.6 is 11.8 Å². The number of carbonyl (C=O) groups is 1. The van der Waals surface area contributed by atoms with E-state index >= 15 is 0 Å². The second kappa shape index (κ2) is 10.3. The number of amides is 1. The molecule has 3 N–H and O–H groups in total. The number of aromatic nitrogens is 2. The predicted molar refractivity (Wildman–Crippen MR) is 135 cm³/mol. The molecule has 0 spiro atoms. The van der Waals surface area contributed by atoms with E-state index in [-0.39, 0.29) is 29.2 Å². The van der Waals surface area contributed by atoms with Gasteiger partial charge in [-0.3, -0.25) is 19.1 Å². The third kappa shape index (κ3) is 5.00. The Morgan fingerprint density at radius 3 is 2.61 bits per heavy atom. The van der Waals surface area contributed by atoms with Crippen molar-refractivity contribution in [2.24, 2.45) is 0 Å². The lowest BCUT2D eigenvalue weighted by Gasteiger charge is -2.30. The maximum atomic E-state index is 13.5. The van der Waals surface area contributed by atoms with E-state index in [1.165, 1.54) is 16.3 Å². The first kappa shape index (κ1) is 23.2. The number of carbonyl (C=O) groups excluding carboxylic acids is 1. The van der Waals surface area contributed by atoms with Gasteiger partial charge in [-0.05, 0) is 42.2 Å². The lowest BCUT2D eigenvalue weighted by Crippen LogP contribution is -2.46. The van der Waals surface area contributed by atoms with E-state index in [1.807, 2.05) is 37.3 Å². The predicted octanol–water partition coefficient (Wildman–Crippen LogP) is 4.14. The number of anilines is 2. The van der Waals surface area contributed by atoms with Crippen LogP contribution in [-0.4, -0.2) is 27.3 Å². The number of hydrogen-bond acceptors (Lipinski definition) is 5. The minimum absolute atomic E-state index is 0.0770. The van der Waals surface area contributed by atoms with Gasteiger partial charge in [-0.2, -0.15) is 0 Å². The first-order valence-electron chi connectivity index (χ1n) is 11.6. The number of thioether (sulfide) groups is 1. The van der Waals surface area contributed by atoms with E-state index in [4.69, 9.17) is 5.73 Å². The lowest BCUT2D eigenvalue weighted by atomic mass is 10.1. The van der Waals surface area contributed by atoms with Crippen molar-refractivity contribution in [1.82, 2.24) is 9.55 Å². The minimum Gasteiger partial charge on any atom is -0.383 e. The summed E-state index contributed by atoms with van der Waals surface area (Å²) in [6.45, 7) is 2.43. The summed E-state index contributed by atoms with van der Waals surface area (Å²) < 4.78 is 1.38. The SMILES string of the molecule is CCCCn1c(N)c(N(C(=O)CSc2ccc3ccccc3c2)C2CCCC2)c(=O)[nH]c1=O. The summed E-state index contributed by atoms with van der Waals surface area (Å²) in [4.78, 5) is 43.7. The third-order valence-corrected chi connectivity index (χ3v) is 7.21. The Balaban J connectivity index is 1.64. The normalized spacial score (nSPS) is 14.1. The van der Waals surface area contributed by atoms with Crippen LogP contribution in [0.2, 0.25) is 0 Å². The molecular formula is C25H30N4O3S. The average Bonchev–Trinajstić information content (AvgIpc) is 3.34. The molecule has 0 aliphatic heterocycles. The molecule has 7 nitrogen and oxygen atoms in total. The zero-order valence-electron chi connectivity index (χ0n) is 18.9. The second-order valence-electron chi connectivity index (χ2n) is 8.50. The van der Waals surface area contributed by atoms with E-state index < -0.39 is 11.2 Å². The van der Waals surface area contributed by atoms with Gasteiger partial charge >= 0.3 is 5.69 Å². The number of benzene rings is 2. The standard InChI is InChI=1S/C25H30N4O3S/c1-2-3-14-28-23(26)22(24(31)27-25(28)32)29(19-10-6-7-11-19)21(30)16-33-20-13-12-17-8-4-5-9-18(17)15-20/h4-5,8-9,12-13,15,19H,2-3,6-7,10-11,14,16,26H2,1H3,(H,27,31,32). The number of nitrogens with two attached hydrogens (primary N) is 1. The van der Waals surface area contributed by atoms with Crippen LogP contribution in [-0.2, 0) is 11.3 Å². The molecule has 1 aliphatic carbocycles. The maximum Gasteiger partial charge on any atom is 0.330 e.